The molecule has 0 spiro atoms. The zero-order valence-corrected chi connectivity index (χ0v) is 9.93. The molecule has 4 nitrogen and oxygen atoms in total. The molecule has 0 saturated carbocycles. The van der Waals surface area contributed by atoms with Crippen LogP contribution in [0.3, 0.4) is 0 Å². The summed E-state index contributed by atoms with van der Waals surface area (Å²) in [5.74, 6) is 0.728. The maximum Gasteiger partial charge on any atom is 0.254 e. The maximum absolute atomic E-state index is 12.2. The van der Waals surface area contributed by atoms with E-state index in [2.05, 4.69) is 0 Å². The molecule has 0 bridgehead atoms. The number of methoxy groups -OCH3 is 1. The Morgan fingerprint density at radius 1 is 1.47 bits per heavy atom. The average molecular weight is 235 g/mol. The highest BCUT2D eigenvalue weighted by Gasteiger charge is 2.28. The van der Waals surface area contributed by atoms with Crippen LogP contribution in [0.2, 0.25) is 0 Å². The number of carbonyl (C=O) groups excluding carboxylic acids is 1. The van der Waals surface area contributed by atoms with Gasteiger partial charge in [-0.15, -0.1) is 0 Å². The number of likely N-dealkylation sites (tertiary alicyclic amines) is 1. The Bertz CT molecular complexity index is 388. The van der Waals surface area contributed by atoms with Gasteiger partial charge in [0.15, 0.2) is 0 Å². The number of aliphatic hydroxyl groups is 1. The van der Waals surface area contributed by atoms with Crippen molar-refractivity contribution in [2.24, 2.45) is 0 Å². The second-order valence-corrected chi connectivity index (χ2v) is 4.21. The molecule has 0 radical (unpaired) electrons. The van der Waals surface area contributed by atoms with E-state index in [4.69, 9.17) is 4.74 Å². The lowest BCUT2D eigenvalue weighted by atomic mass is 10.1. The van der Waals surface area contributed by atoms with E-state index in [0.717, 1.165) is 25.1 Å². The summed E-state index contributed by atoms with van der Waals surface area (Å²) in [7, 11) is 1.60. The summed E-state index contributed by atoms with van der Waals surface area (Å²) in [6.45, 7) is 0.776. The van der Waals surface area contributed by atoms with Crippen LogP contribution in [0.4, 0.5) is 0 Å². The van der Waals surface area contributed by atoms with Crippen molar-refractivity contribution in [3.8, 4) is 5.75 Å². The minimum absolute atomic E-state index is 0.01000. The molecule has 1 fully saturated rings. The Morgan fingerprint density at radius 3 is 2.76 bits per heavy atom. The van der Waals surface area contributed by atoms with Gasteiger partial charge in [0.05, 0.1) is 19.8 Å². The van der Waals surface area contributed by atoms with Gasteiger partial charge in [0, 0.05) is 12.1 Å². The van der Waals surface area contributed by atoms with Crippen LogP contribution in [-0.4, -0.2) is 42.2 Å². The van der Waals surface area contributed by atoms with Crippen LogP contribution in [0.5, 0.6) is 5.75 Å². The molecule has 0 aromatic heterocycles. The van der Waals surface area contributed by atoms with Gasteiger partial charge in [-0.1, -0.05) is 0 Å². The normalized spacial score (nSPS) is 19.4. The van der Waals surface area contributed by atoms with Gasteiger partial charge in [0.25, 0.3) is 5.91 Å². The fraction of sp³-hybridized carbons (Fsp3) is 0.462. The monoisotopic (exact) mass is 235 g/mol. The zero-order valence-electron chi connectivity index (χ0n) is 9.93. The molecule has 92 valence electrons. The van der Waals surface area contributed by atoms with E-state index in [1.54, 1.807) is 36.3 Å². The molecule has 1 aromatic carbocycles. The van der Waals surface area contributed by atoms with Crippen LogP contribution >= 0.6 is 0 Å². The molecular weight excluding hydrogens is 218 g/mol. The molecule has 1 aromatic rings. The molecule has 0 unspecified atom stereocenters. The first-order valence-electron chi connectivity index (χ1n) is 5.82. The lowest BCUT2D eigenvalue weighted by molar-refractivity contribution is 0.0677. The van der Waals surface area contributed by atoms with Crippen molar-refractivity contribution in [1.29, 1.82) is 0 Å². The number of amides is 1. The van der Waals surface area contributed by atoms with Crippen molar-refractivity contribution in [1.82, 2.24) is 4.90 Å². The third kappa shape index (κ3) is 2.42. The van der Waals surface area contributed by atoms with Crippen LogP contribution in [0.15, 0.2) is 24.3 Å². The second kappa shape index (κ2) is 5.19. The lowest BCUT2D eigenvalue weighted by Crippen LogP contribution is -2.37. The van der Waals surface area contributed by atoms with Crippen LogP contribution < -0.4 is 4.74 Å². The number of hydrogen-bond donors (Lipinski definition) is 1. The average Bonchev–Trinajstić information content (AvgIpc) is 2.86. The first kappa shape index (κ1) is 11.9. The zero-order chi connectivity index (χ0) is 12.3. The Labute approximate surface area is 101 Å². The molecule has 1 N–H and O–H groups in total. The van der Waals surface area contributed by atoms with Crippen molar-refractivity contribution in [2.75, 3.05) is 20.3 Å². The van der Waals surface area contributed by atoms with Crippen molar-refractivity contribution >= 4 is 5.91 Å². The van der Waals surface area contributed by atoms with Gasteiger partial charge < -0.3 is 14.7 Å². The van der Waals surface area contributed by atoms with Gasteiger partial charge in [0.1, 0.15) is 5.75 Å². The number of benzene rings is 1. The smallest absolute Gasteiger partial charge is 0.254 e. The third-order valence-corrected chi connectivity index (χ3v) is 3.19. The van der Waals surface area contributed by atoms with E-state index in [0.29, 0.717) is 5.56 Å². The molecule has 1 aliphatic rings. The van der Waals surface area contributed by atoms with E-state index in [1.807, 2.05) is 0 Å². The predicted octanol–water partition coefficient (Wildman–Crippen LogP) is 1.29. The molecule has 1 atom stereocenters. The van der Waals surface area contributed by atoms with Crippen LogP contribution in [0.1, 0.15) is 23.2 Å². The summed E-state index contributed by atoms with van der Waals surface area (Å²) < 4.78 is 5.05. The van der Waals surface area contributed by atoms with Gasteiger partial charge in [0.2, 0.25) is 0 Å². The Hall–Kier alpha value is -1.55. The Balaban J connectivity index is 2.13. The fourth-order valence-electron chi connectivity index (χ4n) is 2.19. The number of ether oxygens (including phenoxy) is 1. The summed E-state index contributed by atoms with van der Waals surface area (Å²) in [6.07, 6.45) is 1.85. The van der Waals surface area contributed by atoms with E-state index in [-0.39, 0.29) is 18.6 Å². The van der Waals surface area contributed by atoms with E-state index in [9.17, 15) is 9.90 Å². The summed E-state index contributed by atoms with van der Waals surface area (Å²) in [5.41, 5.74) is 0.645. The first-order valence-corrected chi connectivity index (χ1v) is 5.82. The largest absolute Gasteiger partial charge is 0.497 e. The van der Waals surface area contributed by atoms with Gasteiger partial charge in [-0.2, -0.15) is 0 Å². The molecule has 0 aliphatic carbocycles. The molecule has 4 heteroatoms. The summed E-state index contributed by atoms with van der Waals surface area (Å²) in [4.78, 5) is 13.9. The van der Waals surface area contributed by atoms with Crippen LogP contribution in [0, 0.1) is 0 Å². The number of carbonyl (C=O) groups is 1. The first-order chi connectivity index (χ1) is 8.26. The summed E-state index contributed by atoms with van der Waals surface area (Å²) >= 11 is 0. The van der Waals surface area contributed by atoms with Gasteiger partial charge in [-0.05, 0) is 37.1 Å². The van der Waals surface area contributed by atoms with E-state index < -0.39 is 0 Å². The summed E-state index contributed by atoms with van der Waals surface area (Å²) in [6, 6.07) is 7.04. The predicted molar refractivity (Wildman–Crippen MR) is 64.1 cm³/mol. The molecule has 1 heterocycles. The molecule has 2 rings (SSSR count). The van der Waals surface area contributed by atoms with Crippen molar-refractivity contribution < 1.29 is 14.6 Å². The van der Waals surface area contributed by atoms with Crippen LogP contribution in [0.25, 0.3) is 0 Å². The minimum Gasteiger partial charge on any atom is -0.497 e. The third-order valence-electron chi connectivity index (χ3n) is 3.19. The maximum atomic E-state index is 12.2. The van der Waals surface area contributed by atoms with Crippen molar-refractivity contribution in [3.05, 3.63) is 29.8 Å². The van der Waals surface area contributed by atoms with E-state index in [1.165, 1.54) is 0 Å². The van der Waals surface area contributed by atoms with Gasteiger partial charge in [-0.25, -0.2) is 0 Å². The molecule has 17 heavy (non-hydrogen) atoms. The van der Waals surface area contributed by atoms with E-state index >= 15 is 0 Å². The van der Waals surface area contributed by atoms with Gasteiger partial charge in [-0.3, -0.25) is 4.79 Å². The van der Waals surface area contributed by atoms with Crippen molar-refractivity contribution in [3.63, 3.8) is 0 Å². The highest BCUT2D eigenvalue weighted by molar-refractivity contribution is 5.94. The fourth-order valence-corrected chi connectivity index (χ4v) is 2.19. The highest BCUT2D eigenvalue weighted by Crippen LogP contribution is 2.20. The standard InChI is InChI=1S/C13H17NO3/c1-17-12-6-4-10(5-7-12)13(16)14-8-2-3-11(14)9-15/h4-7,11,15H,2-3,8-9H2,1H3/t11-/m1/s1. The minimum atomic E-state index is -0.0235. The number of aliphatic hydroxyl groups excluding tert-OH is 1. The molecule has 1 amide bonds. The molecular formula is C13H17NO3. The second-order valence-electron chi connectivity index (χ2n) is 4.21. The molecule has 1 saturated heterocycles. The topological polar surface area (TPSA) is 49.8 Å². The summed E-state index contributed by atoms with van der Waals surface area (Å²) in [5, 5.41) is 9.20. The highest BCUT2D eigenvalue weighted by atomic mass is 16.5. The lowest BCUT2D eigenvalue weighted by Gasteiger charge is -2.23. The number of hydrogen-bond acceptors (Lipinski definition) is 3. The van der Waals surface area contributed by atoms with Gasteiger partial charge >= 0.3 is 0 Å². The molecule has 1 aliphatic heterocycles. The number of nitrogens with zero attached hydrogens (tertiary/aromatic N) is 1. The quantitative estimate of drug-likeness (QED) is 0.859. The SMILES string of the molecule is COc1ccc(C(=O)N2CCC[C@@H]2CO)cc1. The Morgan fingerprint density at radius 2 is 2.18 bits per heavy atom. The van der Waals surface area contributed by atoms with Crippen molar-refractivity contribution in [2.45, 2.75) is 18.9 Å². The Kier molecular flexibility index (Phi) is 3.64. The number of rotatable bonds is 3. The van der Waals surface area contributed by atoms with Crippen LogP contribution in [-0.2, 0) is 0 Å².